The van der Waals surface area contributed by atoms with Crippen molar-refractivity contribution in [3.8, 4) is 23.1 Å². The third-order valence-corrected chi connectivity index (χ3v) is 5.79. The van der Waals surface area contributed by atoms with Gasteiger partial charge in [0.2, 0.25) is 0 Å². The molecular formula is C28H23N5O. The molecule has 34 heavy (non-hydrogen) atoms. The van der Waals surface area contributed by atoms with E-state index in [2.05, 4.69) is 33.3 Å². The Bertz CT molecular complexity index is 1590. The predicted molar refractivity (Wildman–Crippen MR) is 133 cm³/mol. The molecule has 1 unspecified atom stereocenters. The van der Waals surface area contributed by atoms with Crippen molar-refractivity contribution in [3.05, 3.63) is 95.4 Å². The van der Waals surface area contributed by atoms with Crippen molar-refractivity contribution in [3.63, 3.8) is 0 Å². The number of hydrogen-bond acceptors (Lipinski definition) is 4. The second-order valence-corrected chi connectivity index (χ2v) is 8.09. The first-order valence-corrected chi connectivity index (χ1v) is 11.1. The van der Waals surface area contributed by atoms with Gasteiger partial charge < -0.3 is 5.32 Å². The number of rotatable bonds is 4. The summed E-state index contributed by atoms with van der Waals surface area (Å²) in [6.07, 6.45) is 3.45. The smallest absolute Gasteiger partial charge is 0.257 e. The zero-order chi connectivity index (χ0) is 23.7. The standard InChI is InChI=1S/C28H23N5O/c1-4-10-20-13-8-14-22-17-23(26(31-25(20)22)21-11-6-5-7-12-21)18(2)30-28(34)24-19(3)32-33-16-9-15-29-27(24)33/h5-9,11-18H,1-3H3,(H,30,34). The molecule has 0 aliphatic carbocycles. The normalized spacial score (nSPS) is 11.7. The first kappa shape index (κ1) is 21.4. The van der Waals surface area contributed by atoms with Gasteiger partial charge in [0, 0.05) is 28.9 Å². The summed E-state index contributed by atoms with van der Waals surface area (Å²) in [4.78, 5) is 22.7. The lowest BCUT2D eigenvalue weighted by molar-refractivity contribution is 0.0941. The Morgan fingerprint density at radius 2 is 1.91 bits per heavy atom. The number of para-hydroxylation sites is 1. The summed E-state index contributed by atoms with van der Waals surface area (Å²) < 4.78 is 1.62. The van der Waals surface area contributed by atoms with Gasteiger partial charge in [0.1, 0.15) is 5.56 Å². The minimum absolute atomic E-state index is 0.219. The van der Waals surface area contributed by atoms with Crippen molar-refractivity contribution in [2.45, 2.75) is 26.8 Å². The molecule has 1 N–H and O–H groups in total. The number of nitrogens with one attached hydrogen (secondary N) is 1. The molecule has 1 atom stereocenters. The Morgan fingerprint density at radius 1 is 1.09 bits per heavy atom. The van der Waals surface area contributed by atoms with Gasteiger partial charge in [-0.05, 0) is 39.0 Å². The Kier molecular flexibility index (Phi) is 5.52. The van der Waals surface area contributed by atoms with Crippen LogP contribution in [-0.2, 0) is 0 Å². The van der Waals surface area contributed by atoms with Gasteiger partial charge in [0.05, 0.1) is 28.5 Å². The third-order valence-electron chi connectivity index (χ3n) is 5.79. The maximum absolute atomic E-state index is 13.3. The van der Waals surface area contributed by atoms with Gasteiger partial charge in [-0.3, -0.25) is 4.79 Å². The number of carbonyl (C=O) groups excluding carboxylic acids is 1. The number of fused-ring (bicyclic) bond motifs is 2. The molecule has 0 aliphatic heterocycles. The highest BCUT2D eigenvalue weighted by Gasteiger charge is 2.22. The second kappa shape index (κ2) is 8.80. The van der Waals surface area contributed by atoms with Crippen LogP contribution >= 0.6 is 0 Å². The van der Waals surface area contributed by atoms with E-state index in [1.54, 1.807) is 23.0 Å². The summed E-state index contributed by atoms with van der Waals surface area (Å²) in [5.41, 5.74) is 6.10. The number of nitrogens with zero attached hydrogens (tertiary/aromatic N) is 4. The average molecular weight is 446 g/mol. The molecule has 166 valence electrons. The highest BCUT2D eigenvalue weighted by Crippen LogP contribution is 2.31. The van der Waals surface area contributed by atoms with Crippen molar-refractivity contribution in [1.82, 2.24) is 24.9 Å². The number of benzene rings is 2. The van der Waals surface area contributed by atoms with Gasteiger partial charge in [0.25, 0.3) is 5.91 Å². The van der Waals surface area contributed by atoms with E-state index in [1.807, 2.05) is 69.3 Å². The number of carbonyl (C=O) groups is 1. The fraction of sp³-hybridized carbons (Fsp3) is 0.143. The minimum Gasteiger partial charge on any atom is -0.345 e. The Hall–Kier alpha value is -4.50. The zero-order valence-corrected chi connectivity index (χ0v) is 19.2. The maximum atomic E-state index is 13.3. The van der Waals surface area contributed by atoms with Crippen molar-refractivity contribution in [2.75, 3.05) is 0 Å². The van der Waals surface area contributed by atoms with Crippen molar-refractivity contribution < 1.29 is 4.79 Å². The van der Waals surface area contributed by atoms with Gasteiger partial charge >= 0.3 is 0 Å². The van der Waals surface area contributed by atoms with E-state index < -0.39 is 0 Å². The van der Waals surface area contributed by atoms with E-state index in [0.29, 0.717) is 16.9 Å². The van der Waals surface area contributed by atoms with Crippen LogP contribution < -0.4 is 5.32 Å². The lowest BCUT2D eigenvalue weighted by Gasteiger charge is -2.19. The highest BCUT2D eigenvalue weighted by atomic mass is 16.1. The Labute approximate surface area is 197 Å². The molecular weight excluding hydrogens is 422 g/mol. The molecule has 0 fully saturated rings. The second-order valence-electron chi connectivity index (χ2n) is 8.09. The molecule has 3 aromatic heterocycles. The van der Waals surface area contributed by atoms with Crippen LogP contribution in [0.3, 0.4) is 0 Å². The molecule has 6 heteroatoms. The van der Waals surface area contributed by atoms with Gasteiger partial charge in [-0.25, -0.2) is 14.5 Å². The van der Waals surface area contributed by atoms with Crippen molar-refractivity contribution >= 4 is 22.5 Å². The molecule has 5 aromatic rings. The largest absolute Gasteiger partial charge is 0.345 e. The van der Waals surface area contributed by atoms with Crippen LogP contribution in [0.4, 0.5) is 0 Å². The van der Waals surface area contributed by atoms with Crippen LogP contribution in [-0.4, -0.2) is 25.5 Å². The van der Waals surface area contributed by atoms with Gasteiger partial charge in [-0.15, -0.1) is 5.92 Å². The van der Waals surface area contributed by atoms with Crippen LogP contribution in [0.15, 0.2) is 73.1 Å². The van der Waals surface area contributed by atoms with Crippen molar-refractivity contribution in [2.24, 2.45) is 0 Å². The van der Waals surface area contributed by atoms with E-state index in [1.165, 1.54) is 0 Å². The van der Waals surface area contributed by atoms with Crippen LogP contribution in [0, 0.1) is 18.8 Å². The summed E-state index contributed by atoms with van der Waals surface area (Å²) in [7, 11) is 0. The summed E-state index contributed by atoms with van der Waals surface area (Å²) in [6.45, 7) is 5.61. The molecule has 6 nitrogen and oxygen atoms in total. The molecule has 0 spiro atoms. The summed E-state index contributed by atoms with van der Waals surface area (Å²) in [6, 6.07) is 19.6. The highest BCUT2D eigenvalue weighted by molar-refractivity contribution is 6.01. The van der Waals surface area contributed by atoms with E-state index >= 15 is 0 Å². The zero-order valence-electron chi connectivity index (χ0n) is 19.2. The minimum atomic E-state index is -0.307. The van der Waals surface area contributed by atoms with E-state index in [9.17, 15) is 4.79 Å². The van der Waals surface area contributed by atoms with Crippen LogP contribution in [0.2, 0.25) is 0 Å². The molecule has 0 aliphatic rings. The van der Waals surface area contributed by atoms with Gasteiger partial charge in [0.15, 0.2) is 5.65 Å². The Morgan fingerprint density at radius 3 is 2.71 bits per heavy atom. The quantitative estimate of drug-likeness (QED) is 0.390. The number of hydrogen-bond donors (Lipinski definition) is 1. The molecule has 3 heterocycles. The monoisotopic (exact) mass is 445 g/mol. The Balaban J connectivity index is 1.61. The molecule has 0 saturated carbocycles. The number of aryl methyl sites for hydroxylation is 1. The van der Waals surface area contributed by atoms with Crippen LogP contribution in [0.25, 0.3) is 27.8 Å². The first-order valence-electron chi connectivity index (χ1n) is 11.1. The number of aromatic nitrogens is 4. The lowest BCUT2D eigenvalue weighted by Crippen LogP contribution is -2.27. The molecule has 5 rings (SSSR count). The predicted octanol–water partition coefficient (Wildman–Crippen LogP) is 5.12. The topological polar surface area (TPSA) is 72.2 Å². The molecule has 0 saturated heterocycles. The van der Waals surface area contributed by atoms with E-state index in [-0.39, 0.29) is 11.9 Å². The number of pyridine rings is 1. The SMILES string of the molecule is CC#Cc1cccc2cc(C(C)NC(=O)c3c(C)nn4cccnc34)c(-c3ccccc3)nc12. The first-order chi connectivity index (χ1) is 16.6. The van der Waals surface area contributed by atoms with E-state index in [4.69, 9.17) is 4.98 Å². The molecule has 1 amide bonds. The number of amides is 1. The summed E-state index contributed by atoms with van der Waals surface area (Å²) >= 11 is 0. The molecule has 0 bridgehead atoms. The van der Waals surface area contributed by atoms with Crippen molar-refractivity contribution in [1.29, 1.82) is 0 Å². The average Bonchev–Trinajstić information content (AvgIpc) is 3.20. The van der Waals surface area contributed by atoms with Crippen LogP contribution in [0.5, 0.6) is 0 Å². The molecule has 0 radical (unpaired) electrons. The molecule has 2 aromatic carbocycles. The maximum Gasteiger partial charge on any atom is 0.257 e. The fourth-order valence-corrected chi connectivity index (χ4v) is 4.22. The van der Waals surface area contributed by atoms with Crippen LogP contribution in [0.1, 0.15) is 47.1 Å². The van der Waals surface area contributed by atoms with E-state index in [0.717, 1.165) is 33.3 Å². The lowest BCUT2D eigenvalue weighted by atomic mass is 9.97. The van der Waals surface area contributed by atoms with Gasteiger partial charge in [-0.1, -0.05) is 48.4 Å². The fourth-order valence-electron chi connectivity index (χ4n) is 4.22. The third kappa shape index (κ3) is 3.78. The summed E-state index contributed by atoms with van der Waals surface area (Å²) in [5.74, 6) is 5.91. The summed E-state index contributed by atoms with van der Waals surface area (Å²) in [5, 5.41) is 8.54. The van der Waals surface area contributed by atoms with Gasteiger partial charge in [-0.2, -0.15) is 5.10 Å².